The van der Waals surface area contributed by atoms with E-state index in [2.05, 4.69) is 27.0 Å². The minimum Gasteiger partial charge on any atom is -0.369 e. The molecule has 1 saturated heterocycles. The number of hydrogen-bond acceptors (Lipinski definition) is 6. The van der Waals surface area contributed by atoms with E-state index in [1.807, 2.05) is 6.07 Å². The topological polar surface area (TPSA) is 74.3 Å². The van der Waals surface area contributed by atoms with Crippen LogP contribution in [0.3, 0.4) is 0 Å². The molecular weight excluding hydrogens is 397 g/mol. The standard InChI is InChI=1S/C23H30FN5O2/c1-2-3-4-5-6-13-27-14-16-28(17-15-27)21-11-12-23(22(24)18-21)26-25-19-7-9-20(10-8-19)29(30)31/h7-12,18H,2-6,13-17H2,1H3. The number of azo groups is 1. The van der Waals surface area contributed by atoms with Crippen molar-refractivity contribution in [2.24, 2.45) is 10.2 Å². The molecule has 0 atom stereocenters. The molecule has 31 heavy (non-hydrogen) atoms. The quantitative estimate of drug-likeness (QED) is 0.195. The summed E-state index contributed by atoms with van der Waals surface area (Å²) in [6.07, 6.45) is 6.47. The van der Waals surface area contributed by atoms with Crippen molar-refractivity contribution in [3.8, 4) is 0 Å². The van der Waals surface area contributed by atoms with Gasteiger partial charge in [-0.05, 0) is 43.3 Å². The van der Waals surface area contributed by atoms with Gasteiger partial charge in [0.15, 0.2) is 5.82 Å². The van der Waals surface area contributed by atoms with Gasteiger partial charge in [0.05, 0.1) is 10.6 Å². The Morgan fingerprint density at radius 1 is 0.968 bits per heavy atom. The first-order chi connectivity index (χ1) is 15.1. The number of nitrogens with zero attached hydrogens (tertiary/aromatic N) is 5. The van der Waals surface area contributed by atoms with Gasteiger partial charge in [-0.3, -0.25) is 15.0 Å². The molecule has 1 fully saturated rings. The summed E-state index contributed by atoms with van der Waals surface area (Å²) in [5.74, 6) is -0.429. The molecule has 3 rings (SSSR count). The highest BCUT2D eigenvalue weighted by Gasteiger charge is 2.18. The number of nitro benzene ring substituents is 1. The molecule has 1 heterocycles. The lowest BCUT2D eigenvalue weighted by Gasteiger charge is -2.36. The Hall–Kier alpha value is -2.87. The van der Waals surface area contributed by atoms with E-state index in [0.717, 1.165) is 38.4 Å². The molecule has 0 spiro atoms. The molecule has 7 nitrogen and oxygen atoms in total. The second kappa shape index (κ2) is 11.5. The van der Waals surface area contributed by atoms with Gasteiger partial charge in [0, 0.05) is 44.0 Å². The van der Waals surface area contributed by atoms with Crippen molar-refractivity contribution >= 4 is 22.7 Å². The van der Waals surface area contributed by atoms with Crippen LogP contribution >= 0.6 is 0 Å². The van der Waals surface area contributed by atoms with Crippen LogP contribution in [0.5, 0.6) is 0 Å². The van der Waals surface area contributed by atoms with Crippen LogP contribution in [-0.4, -0.2) is 42.5 Å². The summed E-state index contributed by atoms with van der Waals surface area (Å²) in [6.45, 7) is 7.15. The molecule has 2 aromatic carbocycles. The third-order valence-electron chi connectivity index (χ3n) is 5.58. The second-order valence-electron chi connectivity index (χ2n) is 7.85. The van der Waals surface area contributed by atoms with E-state index in [1.54, 1.807) is 6.07 Å². The minimum absolute atomic E-state index is 0.0222. The van der Waals surface area contributed by atoms with E-state index >= 15 is 0 Å². The first-order valence-electron chi connectivity index (χ1n) is 11.0. The Bertz CT molecular complexity index is 880. The van der Waals surface area contributed by atoms with Gasteiger partial charge in [-0.25, -0.2) is 4.39 Å². The summed E-state index contributed by atoms with van der Waals surface area (Å²) in [6, 6.07) is 10.7. The fourth-order valence-corrected chi connectivity index (χ4v) is 3.69. The van der Waals surface area contributed by atoms with E-state index in [-0.39, 0.29) is 11.4 Å². The average Bonchev–Trinajstić information content (AvgIpc) is 2.79. The summed E-state index contributed by atoms with van der Waals surface area (Å²) in [5, 5.41) is 18.6. The zero-order valence-corrected chi connectivity index (χ0v) is 18.0. The molecule has 0 saturated carbocycles. The number of anilines is 1. The minimum atomic E-state index is -0.479. The SMILES string of the molecule is CCCCCCCN1CCN(c2ccc(N=Nc3ccc([N+](=O)[O-])cc3)c(F)c2)CC1. The largest absolute Gasteiger partial charge is 0.369 e. The number of rotatable bonds is 10. The number of hydrogen-bond donors (Lipinski definition) is 0. The van der Waals surface area contributed by atoms with Crippen molar-refractivity contribution in [1.29, 1.82) is 0 Å². The van der Waals surface area contributed by atoms with Crippen LogP contribution in [0.2, 0.25) is 0 Å². The average molecular weight is 428 g/mol. The Balaban J connectivity index is 1.51. The van der Waals surface area contributed by atoms with Gasteiger partial charge in [0.2, 0.25) is 0 Å². The van der Waals surface area contributed by atoms with Crippen molar-refractivity contribution in [2.45, 2.75) is 39.0 Å². The first-order valence-corrected chi connectivity index (χ1v) is 11.0. The summed E-state index contributed by atoms with van der Waals surface area (Å²) in [7, 11) is 0. The van der Waals surface area contributed by atoms with E-state index < -0.39 is 10.7 Å². The highest BCUT2D eigenvalue weighted by Crippen LogP contribution is 2.27. The number of unbranched alkanes of at least 4 members (excludes halogenated alkanes) is 4. The molecule has 2 aromatic rings. The van der Waals surface area contributed by atoms with Gasteiger partial charge in [-0.2, -0.15) is 5.11 Å². The second-order valence-corrected chi connectivity index (χ2v) is 7.85. The van der Waals surface area contributed by atoms with Gasteiger partial charge in [0.25, 0.3) is 5.69 Å². The van der Waals surface area contributed by atoms with E-state index in [1.165, 1.54) is 62.4 Å². The van der Waals surface area contributed by atoms with Crippen LogP contribution < -0.4 is 4.90 Å². The van der Waals surface area contributed by atoms with E-state index in [0.29, 0.717) is 5.69 Å². The highest BCUT2D eigenvalue weighted by atomic mass is 19.1. The van der Waals surface area contributed by atoms with Gasteiger partial charge in [-0.1, -0.05) is 32.6 Å². The maximum Gasteiger partial charge on any atom is 0.269 e. The third kappa shape index (κ3) is 6.82. The van der Waals surface area contributed by atoms with Gasteiger partial charge in [-0.15, -0.1) is 5.11 Å². The molecule has 0 unspecified atom stereocenters. The Kier molecular flexibility index (Phi) is 8.46. The number of non-ortho nitro benzene ring substituents is 1. The molecule has 8 heteroatoms. The Morgan fingerprint density at radius 2 is 1.68 bits per heavy atom. The first kappa shape index (κ1) is 22.8. The lowest BCUT2D eigenvalue weighted by atomic mass is 10.1. The molecule has 0 amide bonds. The van der Waals surface area contributed by atoms with Crippen LogP contribution in [-0.2, 0) is 0 Å². The number of piperazine rings is 1. The molecule has 0 bridgehead atoms. The van der Waals surface area contributed by atoms with E-state index in [9.17, 15) is 14.5 Å². The lowest BCUT2D eigenvalue weighted by Crippen LogP contribution is -2.46. The summed E-state index contributed by atoms with van der Waals surface area (Å²) < 4.78 is 14.5. The monoisotopic (exact) mass is 427 g/mol. The van der Waals surface area contributed by atoms with Gasteiger partial charge in [0.1, 0.15) is 5.69 Å². The van der Waals surface area contributed by atoms with Crippen molar-refractivity contribution in [1.82, 2.24) is 4.90 Å². The van der Waals surface area contributed by atoms with Crippen molar-refractivity contribution in [3.63, 3.8) is 0 Å². The predicted molar refractivity (Wildman–Crippen MR) is 121 cm³/mol. The zero-order chi connectivity index (χ0) is 22.1. The molecule has 0 aromatic heterocycles. The Labute approximate surface area is 182 Å². The fraction of sp³-hybridized carbons (Fsp3) is 0.478. The smallest absolute Gasteiger partial charge is 0.269 e. The van der Waals surface area contributed by atoms with Crippen LogP contribution in [0, 0.1) is 15.9 Å². The van der Waals surface area contributed by atoms with Crippen LogP contribution in [0.25, 0.3) is 0 Å². The zero-order valence-electron chi connectivity index (χ0n) is 18.0. The van der Waals surface area contributed by atoms with Crippen molar-refractivity contribution in [3.05, 3.63) is 58.4 Å². The normalized spacial score (nSPS) is 15.0. The fourth-order valence-electron chi connectivity index (χ4n) is 3.69. The summed E-state index contributed by atoms with van der Waals surface area (Å²) >= 11 is 0. The van der Waals surface area contributed by atoms with Gasteiger partial charge < -0.3 is 4.90 Å². The third-order valence-corrected chi connectivity index (χ3v) is 5.58. The molecule has 1 aliphatic heterocycles. The lowest BCUT2D eigenvalue weighted by molar-refractivity contribution is -0.384. The molecule has 166 valence electrons. The van der Waals surface area contributed by atoms with Gasteiger partial charge >= 0.3 is 0 Å². The molecule has 0 aliphatic carbocycles. The summed E-state index contributed by atoms with van der Waals surface area (Å²) in [5.41, 5.74) is 1.41. The van der Waals surface area contributed by atoms with Crippen LogP contribution in [0.4, 0.5) is 27.1 Å². The number of benzene rings is 2. The number of nitro groups is 1. The maximum absolute atomic E-state index is 14.5. The summed E-state index contributed by atoms with van der Waals surface area (Å²) in [4.78, 5) is 14.9. The number of halogens is 1. The molecule has 0 radical (unpaired) electrons. The molecule has 1 aliphatic rings. The van der Waals surface area contributed by atoms with Crippen LogP contribution in [0.1, 0.15) is 39.0 Å². The van der Waals surface area contributed by atoms with E-state index in [4.69, 9.17) is 0 Å². The molecular formula is C23H30FN5O2. The highest BCUT2D eigenvalue weighted by molar-refractivity contribution is 5.54. The van der Waals surface area contributed by atoms with Crippen LogP contribution in [0.15, 0.2) is 52.7 Å². The van der Waals surface area contributed by atoms with Crippen molar-refractivity contribution in [2.75, 3.05) is 37.6 Å². The molecule has 0 N–H and O–H groups in total. The maximum atomic E-state index is 14.5. The van der Waals surface area contributed by atoms with Crippen molar-refractivity contribution < 1.29 is 9.31 Å². The predicted octanol–water partition coefficient (Wildman–Crippen LogP) is 6.24. The Morgan fingerprint density at radius 3 is 2.32 bits per heavy atom.